The zero-order valence-corrected chi connectivity index (χ0v) is 17.3. The van der Waals surface area contributed by atoms with Crippen LogP contribution in [0.5, 0.6) is 5.88 Å². The second-order valence-corrected chi connectivity index (χ2v) is 6.80. The van der Waals surface area contributed by atoms with E-state index in [1.54, 1.807) is 49.4 Å². The van der Waals surface area contributed by atoms with Crippen molar-refractivity contribution >= 4 is 46.0 Å². The maximum atomic E-state index is 12.1. The van der Waals surface area contributed by atoms with Crippen LogP contribution in [0.1, 0.15) is 17.3 Å². The largest absolute Gasteiger partial charge is 0.493 e. The first-order chi connectivity index (χ1) is 14.9. The van der Waals surface area contributed by atoms with E-state index in [1.165, 1.54) is 10.6 Å². The third kappa shape index (κ3) is 5.26. The molecular formula is C21H19ClN4O5. The minimum absolute atomic E-state index is 0.0365. The first-order valence-electron chi connectivity index (χ1n) is 9.34. The fourth-order valence-corrected chi connectivity index (χ4v) is 3.09. The highest BCUT2D eigenvalue weighted by atomic mass is 35.5. The van der Waals surface area contributed by atoms with Crippen LogP contribution in [0.15, 0.2) is 58.8 Å². The van der Waals surface area contributed by atoms with Crippen LogP contribution in [-0.4, -0.2) is 40.6 Å². The van der Waals surface area contributed by atoms with Crippen LogP contribution in [0.25, 0.3) is 10.9 Å². The third-order valence-electron chi connectivity index (χ3n) is 4.26. The Balaban J connectivity index is 1.74. The zero-order valence-electron chi connectivity index (χ0n) is 16.5. The zero-order chi connectivity index (χ0) is 22.4. The van der Waals surface area contributed by atoms with Gasteiger partial charge in [0, 0.05) is 16.0 Å². The number of nitrogens with one attached hydrogen (secondary N) is 1. The number of nitrogens with zero attached hydrogens (tertiary/aromatic N) is 3. The van der Waals surface area contributed by atoms with E-state index in [0.717, 1.165) is 0 Å². The summed E-state index contributed by atoms with van der Waals surface area (Å²) >= 11 is 5.85. The number of azo groups is 1. The fraction of sp³-hybridized carbons (Fsp3) is 0.190. The van der Waals surface area contributed by atoms with Crippen molar-refractivity contribution in [3.05, 3.63) is 59.1 Å². The standard InChI is InChI=1S/C21H19ClN4O5/c1-2-31-18(28)12-26-16-9-4-3-8-15(16)19(21(26)30)25-24-17(27)11-23-20(29)13-6-5-7-14(22)10-13/h3-10,30H,2,11-12H2,1H3,(H,23,29). The topological polar surface area (TPSA) is 122 Å². The van der Waals surface area contributed by atoms with Crippen LogP contribution in [-0.2, 0) is 20.9 Å². The van der Waals surface area contributed by atoms with Gasteiger partial charge in [-0.25, -0.2) is 0 Å². The van der Waals surface area contributed by atoms with Crippen molar-refractivity contribution in [2.24, 2.45) is 10.2 Å². The molecule has 3 aromatic rings. The minimum atomic E-state index is -0.725. The Kier molecular flexibility index (Phi) is 6.99. The van der Waals surface area contributed by atoms with E-state index in [2.05, 4.69) is 15.5 Å². The van der Waals surface area contributed by atoms with Gasteiger partial charge in [0.25, 0.3) is 11.8 Å². The summed E-state index contributed by atoms with van der Waals surface area (Å²) in [6.45, 7) is 1.28. The van der Waals surface area contributed by atoms with E-state index in [-0.39, 0.29) is 24.7 Å². The number of para-hydroxylation sites is 1. The predicted octanol–water partition coefficient (Wildman–Crippen LogP) is 3.60. The van der Waals surface area contributed by atoms with Crippen molar-refractivity contribution in [1.82, 2.24) is 9.88 Å². The summed E-state index contributed by atoms with van der Waals surface area (Å²) in [5.41, 5.74) is 0.870. The van der Waals surface area contributed by atoms with Gasteiger partial charge in [-0.3, -0.25) is 19.0 Å². The molecule has 1 aromatic heterocycles. The second-order valence-electron chi connectivity index (χ2n) is 6.37. The summed E-state index contributed by atoms with van der Waals surface area (Å²) in [5.74, 6) is -2.06. The van der Waals surface area contributed by atoms with E-state index in [4.69, 9.17) is 16.3 Å². The quantitative estimate of drug-likeness (QED) is 0.427. The van der Waals surface area contributed by atoms with Gasteiger partial charge in [0.05, 0.1) is 12.1 Å². The van der Waals surface area contributed by atoms with Crippen molar-refractivity contribution < 1.29 is 24.2 Å². The first-order valence-corrected chi connectivity index (χ1v) is 9.72. The molecule has 0 aliphatic rings. The van der Waals surface area contributed by atoms with Crippen molar-refractivity contribution in [1.29, 1.82) is 0 Å². The van der Waals surface area contributed by atoms with Gasteiger partial charge in [0.1, 0.15) is 13.1 Å². The number of hydrogen-bond acceptors (Lipinski definition) is 6. The van der Waals surface area contributed by atoms with Crippen LogP contribution in [0.4, 0.5) is 5.69 Å². The summed E-state index contributed by atoms with van der Waals surface area (Å²) in [6.07, 6.45) is 0. The van der Waals surface area contributed by atoms with Crippen molar-refractivity contribution in [2.45, 2.75) is 13.5 Å². The van der Waals surface area contributed by atoms with Gasteiger partial charge < -0.3 is 15.2 Å². The number of aromatic nitrogens is 1. The Labute approximate surface area is 182 Å². The molecule has 2 N–H and O–H groups in total. The Morgan fingerprint density at radius 2 is 1.94 bits per heavy atom. The number of carbonyl (C=O) groups is 3. The van der Waals surface area contributed by atoms with Gasteiger partial charge in [-0.1, -0.05) is 35.9 Å². The highest BCUT2D eigenvalue weighted by Gasteiger charge is 2.19. The second kappa shape index (κ2) is 9.86. The molecule has 0 spiro atoms. The molecule has 2 aromatic carbocycles. The summed E-state index contributed by atoms with van der Waals surface area (Å²) < 4.78 is 6.25. The number of ether oxygens (including phenoxy) is 1. The summed E-state index contributed by atoms with van der Waals surface area (Å²) in [6, 6.07) is 13.1. The van der Waals surface area contributed by atoms with E-state index in [0.29, 0.717) is 21.5 Å². The Hall–Kier alpha value is -3.72. The van der Waals surface area contributed by atoms with Crippen LogP contribution in [0.2, 0.25) is 5.02 Å². The smallest absolute Gasteiger partial charge is 0.326 e. The molecule has 0 radical (unpaired) electrons. The molecule has 31 heavy (non-hydrogen) atoms. The van der Waals surface area contributed by atoms with E-state index in [9.17, 15) is 19.5 Å². The van der Waals surface area contributed by atoms with E-state index >= 15 is 0 Å². The maximum absolute atomic E-state index is 12.1. The summed E-state index contributed by atoms with van der Waals surface area (Å²) in [5, 5.41) is 21.3. The normalized spacial score (nSPS) is 11.0. The molecule has 0 aliphatic heterocycles. The molecule has 0 saturated heterocycles. The number of fused-ring (bicyclic) bond motifs is 1. The van der Waals surface area contributed by atoms with Crippen molar-refractivity contribution in [2.75, 3.05) is 13.2 Å². The number of halogens is 1. The number of carbonyl (C=O) groups excluding carboxylic acids is 3. The molecule has 1 heterocycles. The van der Waals surface area contributed by atoms with Gasteiger partial charge >= 0.3 is 5.97 Å². The predicted molar refractivity (Wildman–Crippen MR) is 114 cm³/mol. The molecule has 160 valence electrons. The van der Waals surface area contributed by atoms with Gasteiger partial charge in [-0.2, -0.15) is 0 Å². The Morgan fingerprint density at radius 3 is 2.68 bits per heavy atom. The molecule has 0 unspecified atom stereocenters. The Bertz CT molecular complexity index is 1170. The molecule has 10 heteroatoms. The lowest BCUT2D eigenvalue weighted by Crippen LogP contribution is -2.28. The maximum Gasteiger partial charge on any atom is 0.326 e. The molecule has 0 saturated carbocycles. The number of benzene rings is 2. The van der Waals surface area contributed by atoms with E-state index < -0.39 is 24.3 Å². The first kappa shape index (κ1) is 22.0. The fourth-order valence-electron chi connectivity index (χ4n) is 2.89. The van der Waals surface area contributed by atoms with Crippen LogP contribution in [0, 0.1) is 0 Å². The molecule has 9 nitrogen and oxygen atoms in total. The Morgan fingerprint density at radius 1 is 1.16 bits per heavy atom. The third-order valence-corrected chi connectivity index (χ3v) is 4.49. The number of rotatable bonds is 7. The van der Waals surface area contributed by atoms with Crippen molar-refractivity contribution in [3.63, 3.8) is 0 Å². The number of esters is 1. The van der Waals surface area contributed by atoms with Crippen LogP contribution < -0.4 is 5.32 Å². The average Bonchev–Trinajstić information content (AvgIpc) is 3.01. The monoisotopic (exact) mass is 442 g/mol. The number of hydrogen-bond donors (Lipinski definition) is 2. The number of amides is 2. The average molecular weight is 443 g/mol. The molecule has 0 bridgehead atoms. The molecule has 0 atom stereocenters. The summed E-state index contributed by atoms with van der Waals surface area (Å²) in [4.78, 5) is 36.0. The highest BCUT2D eigenvalue weighted by molar-refractivity contribution is 6.31. The van der Waals surface area contributed by atoms with Crippen LogP contribution in [0.3, 0.4) is 0 Å². The lowest BCUT2D eigenvalue weighted by atomic mass is 10.2. The highest BCUT2D eigenvalue weighted by Crippen LogP contribution is 2.38. The van der Waals surface area contributed by atoms with Gasteiger partial charge in [-0.15, -0.1) is 10.2 Å². The van der Waals surface area contributed by atoms with Crippen molar-refractivity contribution in [3.8, 4) is 5.88 Å². The SMILES string of the molecule is CCOC(=O)Cn1c(O)c(N=NC(=O)CNC(=O)c2cccc(Cl)c2)c2ccccc21. The minimum Gasteiger partial charge on any atom is -0.493 e. The molecule has 0 fully saturated rings. The lowest BCUT2D eigenvalue weighted by Gasteiger charge is -2.06. The van der Waals surface area contributed by atoms with Gasteiger partial charge in [0.15, 0.2) is 5.69 Å². The van der Waals surface area contributed by atoms with Crippen LogP contribution >= 0.6 is 11.6 Å². The lowest BCUT2D eigenvalue weighted by molar-refractivity contribution is -0.143. The van der Waals surface area contributed by atoms with Gasteiger partial charge in [-0.05, 0) is 31.2 Å². The van der Waals surface area contributed by atoms with Gasteiger partial charge in [0.2, 0.25) is 5.88 Å². The molecular weight excluding hydrogens is 424 g/mol. The number of aromatic hydroxyl groups is 1. The molecule has 2 amide bonds. The summed E-state index contributed by atoms with van der Waals surface area (Å²) in [7, 11) is 0. The molecule has 0 aliphatic carbocycles. The van der Waals surface area contributed by atoms with E-state index in [1.807, 2.05) is 0 Å². The molecule has 3 rings (SSSR count).